The van der Waals surface area contributed by atoms with Gasteiger partial charge in [0.05, 0.1) is 11.1 Å². The summed E-state index contributed by atoms with van der Waals surface area (Å²) in [5, 5.41) is 0.480. The molecule has 0 aromatic rings. The summed E-state index contributed by atoms with van der Waals surface area (Å²) in [7, 11) is 1.72. The van der Waals surface area contributed by atoms with Gasteiger partial charge in [0.1, 0.15) is 11.0 Å². The van der Waals surface area contributed by atoms with E-state index in [1.165, 1.54) is 24.3 Å². The van der Waals surface area contributed by atoms with Crippen LogP contribution in [0, 0.1) is 0 Å². The van der Waals surface area contributed by atoms with Crippen LogP contribution in [0.25, 0.3) is 0 Å². The normalized spacial score (nSPS) is 26.5. The Balaban J connectivity index is 2.05. The van der Waals surface area contributed by atoms with Crippen LogP contribution in [0.1, 0.15) is 40.0 Å². The first kappa shape index (κ1) is 16.4. The number of rotatable bonds is 2. The third kappa shape index (κ3) is 4.23. The molecule has 1 amide bonds. The van der Waals surface area contributed by atoms with Crippen molar-refractivity contribution in [1.82, 2.24) is 9.80 Å². The molecule has 6 heteroatoms. The molecule has 2 saturated heterocycles. The molecule has 5 nitrogen and oxygen atoms in total. The zero-order valence-electron chi connectivity index (χ0n) is 13.2. The van der Waals surface area contributed by atoms with E-state index in [1.807, 2.05) is 20.8 Å². The molecule has 2 fully saturated rings. The molecule has 0 bridgehead atoms. The molecule has 2 rings (SSSR count). The fraction of sp³-hybridized carbons (Fsp3) is 0.733. The number of thioether (sulfide) groups is 1. The van der Waals surface area contributed by atoms with E-state index in [2.05, 4.69) is 4.90 Å². The molecular weight excluding hydrogens is 288 g/mol. The maximum absolute atomic E-state index is 12.4. The fourth-order valence-corrected chi connectivity index (χ4v) is 3.72. The highest BCUT2D eigenvalue weighted by Crippen LogP contribution is 2.37. The van der Waals surface area contributed by atoms with Crippen LogP contribution >= 0.6 is 11.8 Å². The van der Waals surface area contributed by atoms with Crippen LogP contribution in [0.5, 0.6) is 0 Å². The summed E-state index contributed by atoms with van der Waals surface area (Å²) in [4.78, 5) is 28.0. The van der Waals surface area contributed by atoms with Gasteiger partial charge in [-0.1, -0.05) is 18.2 Å². The molecule has 0 aromatic heterocycles. The number of carbonyl (C=O) groups excluding carboxylic acids is 2. The highest BCUT2D eigenvalue weighted by molar-refractivity contribution is 8.04. The maximum Gasteiger partial charge on any atom is 0.333 e. The Kier molecular flexibility index (Phi) is 4.99. The van der Waals surface area contributed by atoms with Gasteiger partial charge in [0, 0.05) is 7.05 Å². The SMILES string of the molecule is CN1C(=O)C(N2CCCCC2)S/C1=C\C(=O)OC(C)(C)C. The molecule has 2 aliphatic rings. The van der Waals surface area contributed by atoms with Crippen molar-refractivity contribution < 1.29 is 14.3 Å². The Morgan fingerprint density at radius 1 is 1.29 bits per heavy atom. The van der Waals surface area contributed by atoms with Crippen molar-refractivity contribution in [2.45, 2.75) is 51.0 Å². The second-order valence-corrected chi connectivity index (χ2v) is 7.58. The van der Waals surface area contributed by atoms with Crippen LogP contribution in [0.15, 0.2) is 11.1 Å². The van der Waals surface area contributed by atoms with Crippen molar-refractivity contribution in [3.05, 3.63) is 11.1 Å². The topological polar surface area (TPSA) is 49.9 Å². The zero-order valence-corrected chi connectivity index (χ0v) is 14.0. The molecule has 21 heavy (non-hydrogen) atoms. The number of hydrogen-bond acceptors (Lipinski definition) is 5. The molecule has 1 unspecified atom stereocenters. The first-order valence-corrected chi connectivity index (χ1v) is 8.29. The van der Waals surface area contributed by atoms with E-state index in [4.69, 9.17) is 4.74 Å². The van der Waals surface area contributed by atoms with Crippen LogP contribution in [0.3, 0.4) is 0 Å². The smallest absolute Gasteiger partial charge is 0.333 e. The average molecular weight is 312 g/mol. The van der Waals surface area contributed by atoms with E-state index in [1.54, 1.807) is 11.9 Å². The Bertz CT molecular complexity index is 450. The number of amides is 1. The molecule has 0 aromatic carbocycles. The second-order valence-electron chi connectivity index (χ2n) is 6.48. The average Bonchev–Trinajstić information content (AvgIpc) is 2.66. The quantitative estimate of drug-likeness (QED) is 0.578. The van der Waals surface area contributed by atoms with Crippen LogP contribution in [-0.4, -0.2) is 52.8 Å². The third-order valence-electron chi connectivity index (χ3n) is 3.48. The van der Waals surface area contributed by atoms with E-state index in [-0.39, 0.29) is 11.3 Å². The highest BCUT2D eigenvalue weighted by Gasteiger charge is 2.39. The van der Waals surface area contributed by atoms with Crippen LogP contribution in [0.2, 0.25) is 0 Å². The lowest BCUT2D eigenvalue weighted by Gasteiger charge is -2.29. The Morgan fingerprint density at radius 3 is 2.48 bits per heavy atom. The molecule has 0 N–H and O–H groups in total. The molecule has 118 valence electrons. The summed E-state index contributed by atoms with van der Waals surface area (Å²) in [6.07, 6.45) is 4.94. The summed E-state index contributed by atoms with van der Waals surface area (Å²) in [6.45, 7) is 7.40. The van der Waals surface area contributed by atoms with Crippen LogP contribution in [0.4, 0.5) is 0 Å². The monoisotopic (exact) mass is 312 g/mol. The Morgan fingerprint density at radius 2 is 1.90 bits per heavy atom. The summed E-state index contributed by atoms with van der Waals surface area (Å²) < 4.78 is 5.28. The first-order valence-electron chi connectivity index (χ1n) is 7.41. The molecule has 1 atom stereocenters. The minimum Gasteiger partial charge on any atom is -0.457 e. The van der Waals surface area contributed by atoms with Gasteiger partial charge < -0.3 is 9.64 Å². The molecule has 0 spiro atoms. The lowest BCUT2D eigenvalue weighted by atomic mass is 10.1. The van der Waals surface area contributed by atoms with E-state index in [0.717, 1.165) is 25.9 Å². The van der Waals surface area contributed by atoms with E-state index >= 15 is 0 Å². The Labute approximate surface area is 130 Å². The van der Waals surface area contributed by atoms with Crippen molar-refractivity contribution in [2.24, 2.45) is 0 Å². The zero-order chi connectivity index (χ0) is 15.6. The number of likely N-dealkylation sites (N-methyl/N-ethyl adjacent to an activating group) is 1. The number of likely N-dealkylation sites (tertiary alicyclic amines) is 1. The van der Waals surface area contributed by atoms with Gasteiger partial charge in [0.2, 0.25) is 0 Å². The largest absolute Gasteiger partial charge is 0.457 e. The van der Waals surface area contributed by atoms with Gasteiger partial charge in [-0.25, -0.2) is 4.79 Å². The summed E-state index contributed by atoms with van der Waals surface area (Å²) in [5.41, 5.74) is -0.522. The number of nitrogens with zero attached hydrogens (tertiary/aromatic N) is 2. The number of hydrogen-bond donors (Lipinski definition) is 0. The summed E-state index contributed by atoms with van der Waals surface area (Å²) in [6, 6.07) is 0. The summed E-state index contributed by atoms with van der Waals surface area (Å²) in [5.74, 6) is -0.347. The summed E-state index contributed by atoms with van der Waals surface area (Å²) >= 11 is 1.45. The third-order valence-corrected chi connectivity index (χ3v) is 4.83. The van der Waals surface area contributed by atoms with Gasteiger partial charge in [0.25, 0.3) is 5.91 Å². The van der Waals surface area contributed by atoms with Crippen molar-refractivity contribution in [2.75, 3.05) is 20.1 Å². The predicted molar refractivity (Wildman–Crippen MR) is 83.5 cm³/mol. The van der Waals surface area contributed by atoms with Gasteiger partial charge in [-0.15, -0.1) is 0 Å². The maximum atomic E-state index is 12.4. The minimum absolute atomic E-state index is 0.0525. The molecular formula is C15H24N2O3S. The lowest BCUT2D eigenvalue weighted by molar-refractivity contribution is -0.148. The molecule has 2 heterocycles. The number of esters is 1. The van der Waals surface area contributed by atoms with E-state index in [9.17, 15) is 9.59 Å². The van der Waals surface area contributed by atoms with Crippen molar-refractivity contribution in [3.63, 3.8) is 0 Å². The van der Waals surface area contributed by atoms with Crippen molar-refractivity contribution in [3.8, 4) is 0 Å². The fourth-order valence-electron chi connectivity index (χ4n) is 2.46. The van der Waals surface area contributed by atoms with Crippen molar-refractivity contribution >= 4 is 23.6 Å². The van der Waals surface area contributed by atoms with Crippen molar-refractivity contribution in [1.29, 1.82) is 0 Å². The van der Waals surface area contributed by atoms with E-state index in [0.29, 0.717) is 5.03 Å². The van der Waals surface area contributed by atoms with Crippen LogP contribution < -0.4 is 0 Å². The molecule has 0 saturated carbocycles. The molecule has 0 radical (unpaired) electrons. The highest BCUT2D eigenvalue weighted by atomic mass is 32.2. The van der Waals surface area contributed by atoms with Gasteiger partial charge in [-0.3, -0.25) is 9.69 Å². The van der Waals surface area contributed by atoms with Gasteiger partial charge in [-0.05, 0) is 46.7 Å². The van der Waals surface area contributed by atoms with E-state index < -0.39 is 11.6 Å². The molecule has 2 aliphatic heterocycles. The predicted octanol–water partition coefficient (Wildman–Crippen LogP) is 2.19. The first-order chi connectivity index (χ1) is 9.78. The standard InChI is InChI=1S/C15H24N2O3S/c1-15(2,3)20-12(18)10-11-16(4)13(19)14(21-11)17-8-6-5-7-9-17/h10,14H,5-9H2,1-4H3/b11-10-. The lowest BCUT2D eigenvalue weighted by Crippen LogP contribution is -2.42. The minimum atomic E-state index is -0.522. The van der Waals surface area contributed by atoms with Crippen LogP contribution in [-0.2, 0) is 14.3 Å². The molecule has 0 aliphatic carbocycles. The number of piperidine rings is 1. The van der Waals surface area contributed by atoms with Gasteiger partial charge in [0.15, 0.2) is 0 Å². The van der Waals surface area contributed by atoms with Gasteiger partial charge >= 0.3 is 5.97 Å². The number of ether oxygens (including phenoxy) is 1. The van der Waals surface area contributed by atoms with Gasteiger partial charge in [-0.2, -0.15) is 0 Å². The number of carbonyl (C=O) groups is 2. The Hall–Kier alpha value is -1.01. The second kappa shape index (κ2) is 6.40.